The van der Waals surface area contributed by atoms with Crippen LogP contribution < -0.4 is 0 Å². The van der Waals surface area contributed by atoms with Crippen molar-refractivity contribution in [2.75, 3.05) is 19.8 Å². The first-order chi connectivity index (χ1) is 13.0. The van der Waals surface area contributed by atoms with E-state index in [0.29, 0.717) is 6.54 Å². The van der Waals surface area contributed by atoms with E-state index in [-0.39, 0.29) is 25.3 Å². The van der Waals surface area contributed by atoms with Crippen molar-refractivity contribution in [1.29, 1.82) is 0 Å². The van der Waals surface area contributed by atoms with Crippen LogP contribution in [0.25, 0.3) is 10.9 Å². The molecule has 2 aromatic carbocycles. The molecule has 2 aliphatic rings. The molecule has 3 heterocycles. The van der Waals surface area contributed by atoms with Crippen molar-refractivity contribution in [1.82, 2.24) is 9.88 Å². The Labute approximate surface area is 166 Å². The normalized spacial score (nSPS) is 24.6. The van der Waals surface area contributed by atoms with Gasteiger partial charge < -0.3 is 9.72 Å². The molecule has 5 rings (SSSR count). The molecule has 2 atom stereocenters. The van der Waals surface area contributed by atoms with Crippen LogP contribution in [0.1, 0.15) is 29.8 Å². The third kappa shape index (κ3) is 2.93. The van der Waals surface area contributed by atoms with E-state index < -0.39 is 5.67 Å². The number of aromatic amines is 1. The Hall–Kier alpha value is -1.69. The molecule has 0 spiro atoms. The first kappa shape index (κ1) is 17.4. The average Bonchev–Trinajstić information content (AvgIpc) is 2.99. The van der Waals surface area contributed by atoms with Gasteiger partial charge in [0, 0.05) is 33.7 Å². The molecule has 1 N–H and O–H groups in total. The van der Waals surface area contributed by atoms with E-state index in [0.717, 1.165) is 16.4 Å². The Bertz CT molecular complexity index is 997. The molecule has 0 amide bonds. The SMILES string of the molecule is C[C@@H]1Cc2c([nH]c3ccccc23)[C@@H](c2cccc(Br)c2)N1CC1(F)COC1. The molecule has 140 valence electrons. The Morgan fingerprint density at radius 2 is 2.04 bits per heavy atom. The predicted molar refractivity (Wildman–Crippen MR) is 109 cm³/mol. The summed E-state index contributed by atoms with van der Waals surface area (Å²) in [6, 6.07) is 17.1. The minimum atomic E-state index is -1.25. The predicted octanol–water partition coefficient (Wildman–Crippen LogP) is 5.00. The summed E-state index contributed by atoms with van der Waals surface area (Å²) in [6.45, 7) is 2.99. The fraction of sp³-hybridized carbons (Fsp3) is 0.364. The van der Waals surface area contributed by atoms with Gasteiger partial charge in [-0.2, -0.15) is 0 Å². The highest BCUT2D eigenvalue weighted by molar-refractivity contribution is 9.10. The molecule has 1 aromatic heterocycles. The van der Waals surface area contributed by atoms with Crippen molar-refractivity contribution in [2.45, 2.75) is 31.1 Å². The standard InChI is InChI=1S/C22H22BrFN2O/c1-14-9-18-17-7-2-3-8-19(17)25-20(18)21(15-5-4-6-16(23)10-15)26(14)11-22(24)12-27-13-22/h2-8,10,14,21,25H,9,11-13H2,1H3/t14-,21-/m1/s1. The van der Waals surface area contributed by atoms with Gasteiger partial charge in [0.1, 0.15) is 0 Å². The minimum absolute atomic E-state index is 0.00174. The lowest BCUT2D eigenvalue weighted by Crippen LogP contribution is -2.57. The van der Waals surface area contributed by atoms with Crippen molar-refractivity contribution < 1.29 is 9.13 Å². The second-order valence-corrected chi connectivity index (χ2v) is 8.81. The number of H-pyrrole nitrogens is 1. The summed E-state index contributed by atoms with van der Waals surface area (Å²) in [5.41, 5.74) is 3.63. The quantitative estimate of drug-likeness (QED) is 0.635. The van der Waals surface area contributed by atoms with E-state index in [1.54, 1.807) is 0 Å². The highest BCUT2D eigenvalue weighted by atomic mass is 79.9. The van der Waals surface area contributed by atoms with Crippen molar-refractivity contribution in [2.24, 2.45) is 0 Å². The molecule has 2 aliphatic heterocycles. The molecular weight excluding hydrogens is 407 g/mol. The lowest BCUT2D eigenvalue weighted by Gasteiger charge is -2.46. The van der Waals surface area contributed by atoms with Gasteiger partial charge in [-0.1, -0.05) is 46.3 Å². The zero-order valence-electron chi connectivity index (χ0n) is 15.2. The number of hydrogen-bond donors (Lipinski definition) is 1. The van der Waals surface area contributed by atoms with Crippen LogP contribution in [-0.4, -0.2) is 41.4 Å². The molecule has 0 saturated carbocycles. The number of alkyl halides is 1. The zero-order valence-corrected chi connectivity index (χ0v) is 16.8. The Morgan fingerprint density at radius 1 is 1.22 bits per heavy atom. The average molecular weight is 429 g/mol. The summed E-state index contributed by atoms with van der Waals surface area (Å²) >= 11 is 3.60. The molecule has 3 aromatic rings. The Morgan fingerprint density at radius 3 is 2.78 bits per heavy atom. The van der Waals surface area contributed by atoms with Crippen LogP contribution in [0.3, 0.4) is 0 Å². The first-order valence-electron chi connectivity index (χ1n) is 9.41. The largest absolute Gasteiger partial charge is 0.375 e. The van der Waals surface area contributed by atoms with E-state index in [9.17, 15) is 0 Å². The van der Waals surface area contributed by atoms with E-state index in [2.05, 4.69) is 75.2 Å². The maximum Gasteiger partial charge on any atom is 0.169 e. The monoisotopic (exact) mass is 428 g/mol. The van der Waals surface area contributed by atoms with Crippen molar-refractivity contribution in [3.8, 4) is 0 Å². The van der Waals surface area contributed by atoms with Gasteiger partial charge in [-0.15, -0.1) is 0 Å². The van der Waals surface area contributed by atoms with Gasteiger partial charge in [-0.25, -0.2) is 4.39 Å². The lowest BCUT2D eigenvalue weighted by molar-refractivity contribution is -0.147. The molecule has 5 heteroatoms. The smallest absolute Gasteiger partial charge is 0.169 e. The summed E-state index contributed by atoms with van der Waals surface area (Å²) in [5.74, 6) is 0. The summed E-state index contributed by atoms with van der Waals surface area (Å²) in [5, 5.41) is 1.28. The maximum atomic E-state index is 15.0. The molecule has 0 radical (unpaired) electrons. The van der Waals surface area contributed by atoms with Crippen LogP contribution in [0, 0.1) is 0 Å². The summed E-state index contributed by atoms with van der Waals surface area (Å²) in [4.78, 5) is 5.95. The van der Waals surface area contributed by atoms with Crippen LogP contribution >= 0.6 is 15.9 Å². The fourth-order valence-corrected chi connectivity index (χ4v) is 4.95. The summed E-state index contributed by atoms with van der Waals surface area (Å²) in [7, 11) is 0. The second kappa shape index (κ2) is 6.43. The van der Waals surface area contributed by atoms with Crippen molar-refractivity contribution in [3.05, 3.63) is 69.8 Å². The number of fused-ring (bicyclic) bond motifs is 3. The highest BCUT2D eigenvalue weighted by Gasteiger charge is 2.45. The number of rotatable bonds is 3. The molecule has 27 heavy (non-hydrogen) atoms. The van der Waals surface area contributed by atoms with Crippen LogP contribution in [-0.2, 0) is 11.2 Å². The van der Waals surface area contributed by atoms with Gasteiger partial charge in [-0.3, -0.25) is 4.90 Å². The van der Waals surface area contributed by atoms with E-state index >= 15 is 4.39 Å². The zero-order chi connectivity index (χ0) is 18.6. The van der Waals surface area contributed by atoms with Crippen LogP contribution in [0.2, 0.25) is 0 Å². The van der Waals surface area contributed by atoms with Gasteiger partial charge >= 0.3 is 0 Å². The number of hydrogen-bond acceptors (Lipinski definition) is 2. The number of nitrogens with zero attached hydrogens (tertiary/aromatic N) is 1. The van der Waals surface area contributed by atoms with Gasteiger partial charge in [-0.05, 0) is 42.7 Å². The molecule has 3 nitrogen and oxygen atoms in total. The summed E-state index contributed by atoms with van der Waals surface area (Å²) in [6.07, 6.45) is 0.917. The lowest BCUT2D eigenvalue weighted by atomic mass is 9.87. The van der Waals surface area contributed by atoms with Gasteiger partial charge in [0.2, 0.25) is 0 Å². The molecule has 0 unspecified atom stereocenters. The Kier molecular flexibility index (Phi) is 4.15. The molecule has 0 aliphatic carbocycles. The minimum Gasteiger partial charge on any atom is -0.375 e. The second-order valence-electron chi connectivity index (χ2n) is 7.89. The third-order valence-electron chi connectivity index (χ3n) is 5.87. The Balaban J connectivity index is 1.67. The highest BCUT2D eigenvalue weighted by Crippen LogP contribution is 2.42. The maximum absolute atomic E-state index is 15.0. The van der Waals surface area contributed by atoms with E-state index in [4.69, 9.17) is 4.74 Å². The molecule has 0 bridgehead atoms. The van der Waals surface area contributed by atoms with Gasteiger partial charge in [0.15, 0.2) is 5.67 Å². The molecular formula is C22H22BrFN2O. The molecule has 1 fully saturated rings. The number of aromatic nitrogens is 1. The number of halogens is 2. The number of ether oxygens (including phenoxy) is 1. The van der Waals surface area contributed by atoms with Crippen LogP contribution in [0.4, 0.5) is 4.39 Å². The van der Waals surface area contributed by atoms with E-state index in [1.807, 2.05) is 6.07 Å². The first-order valence-corrected chi connectivity index (χ1v) is 10.2. The number of benzene rings is 2. The van der Waals surface area contributed by atoms with Crippen molar-refractivity contribution >= 4 is 26.8 Å². The van der Waals surface area contributed by atoms with Crippen molar-refractivity contribution in [3.63, 3.8) is 0 Å². The van der Waals surface area contributed by atoms with Gasteiger partial charge in [0.25, 0.3) is 0 Å². The van der Waals surface area contributed by atoms with E-state index in [1.165, 1.54) is 22.2 Å². The van der Waals surface area contributed by atoms with Crippen LogP contribution in [0.15, 0.2) is 53.0 Å². The number of para-hydroxylation sites is 1. The third-order valence-corrected chi connectivity index (χ3v) is 6.36. The number of nitrogens with one attached hydrogen (secondary N) is 1. The summed E-state index contributed by atoms with van der Waals surface area (Å²) < 4.78 is 21.2. The molecule has 1 saturated heterocycles. The fourth-order valence-electron chi connectivity index (χ4n) is 4.53. The van der Waals surface area contributed by atoms with Gasteiger partial charge in [0.05, 0.1) is 19.3 Å². The topological polar surface area (TPSA) is 28.3 Å². The van der Waals surface area contributed by atoms with Crippen LogP contribution in [0.5, 0.6) is 0 Å².